The van der Waals surface area contributed by atoms with Crippen molar-refractivity contribution in [1.82, 2.24) is 4.98 Å². The topological polar surface area (TPSA) is 38.9 Å². The minimum Gasteiger partial charge on any atom is -0.397 e. The second-order valence-corrected chi connectivity index (χ2v) is 4.74. The van der Waals surface area contributed by atoms with Crippen LogP contribution in [0.25, 0.3) is 10.9 Å². The predicted octanol–water partition coefficient (Wildman–Crippen LogP) is 3.77. The van der Waals surface area contributed by atoms with Crippen molar-refractivity contribution in [2.24, 2.45) is 0 Å². The Morgan fingerprint density at radius 3 is 2.94 bits per heavy atom. The number of hydrogen-bond donors (Lipinski definition) is 1. The van der Waals surface area contributed by atoms with Gasteiger partial charge in [-0.3, -0.25) is 4.98 Å². The largest absolute Gasteiger partial charge is 0.397 e. The summed E-state index contributed by atoms with van der Waals surface area (Å²) in [6.45, 7) is 0.907. The smallest absolute Gasteiger partial charge is 0.0708 e. The van der Waals surface area contributed by atoms with E-state index >= 15 is 0 Å². The van der Waals surface area contributed by atoms with E-state index in [9.17, 15) is 0 Å². The van der Waals surface area contributed by atoms with Crippen molar-refractivity contribution >= 4 is 28.2 Å². The van der Waals surface area contributed by atoms with Crippen molar-refractivity contribution in [3.05, 3.63) is 35.0 Å². The normalized spacial score (nSPS) is 16.4. The van der Waals surface area contributed by atoms with Crippen molar-refractivity contribution in [3.8, 4) is 0 Å². The lowest BCUT2D eigenvalue weighted by molar-refractivity contribution is 0.574. The number of nitrogen functional groups attached to an aromatic ring is 1. The predicted molar refractivity (Wildman–Crippen MR) is 69.9 cm³/mol. The Labute approximate surface area is 106 Å². The molecule has 0 aliphatic carbocycles. The molecule has 1 aromatic heterocycles. The number of nitrogens with two attached hydrogens (primary N) is 1. The third-order valence-corrected chi connectivity index (χ3v) is 2.53. The highest BCUT2D eigenvalue weighted by Crippen LogP contribution is 2.29. The molecule has 1 heterocycles. The molecule has 1 aromatic carbocycles. The number of halogens is 1. The molecule has 0 aliphatic rings. The number of benzene rings is 1. The molecule has 2 aromatic rings. The van der Waals surface area contributed by atoms with Gasteiger partial charge in [0.2, 0.25) is 0 Å². The molecule has 0 fully saturated rings. The van der Waals surface area contributed by atoms with Gasteiger partial charge in [0.15, 0.2) is 0 Å². The van der Waals surface area contributed by atoms with Crippen molar-refractivity contribution in [3.63, 3.8) is 0 Å². The molecule has 3 heteroatoms. The lowest BCUT2D eigenvalue weighted by atomic mass is 9.90. The number of hydrogen-bond acceptors (Lipinski definition) is 2. The first-order chi connectivity index (χ1) is 9.04. The second-order valence-electron chi connectivity index (χ2n) is 4.31. The van der Waals surface area contributed by atoms with Crippen molar-refractivity contribution < 1.29 is 5.48 Å². The molecule has 0 aliphatic heterocycles. The monoisotopic (exact) mass is 238 g/mol. The molecule has 2 rings (SSSR count). The molecule has 0 unspecified atom stereocenters. The van der Waals surface area contributed by atoms with Gasteiger partial charge >= 0.3 is 0 Å². The zero-order chi connectivity index (χ0) is 15.3. The van der Waals surface area contributed by atoms with Gasteiger partial charge in [-0.15, -0.1) is 0 Å². The van der Waals surface area contributed by atoms with Gasteiger partial charge in [0.1, 0.15) is 0 Å². The van der Waals surface area contributed by atoms with Crippen LogP contribution in [0.3, 0.4) is 0 Å². The molecule has 0 amide bonds. The first kappa shape index (κ1) is 7.13. The molecule has 0 radical (unpaired) electrons. The highest BCUT2D eigenvalue weighted by molar-refractivity contribution is 6.31. The molecular formula is C13H15ClN2. The van der Waals surface area contributed by atoms with E-state index in [1.165, 1.54) is 6.07 Å². The first-order valence-corrected chi connectivity index (χ1v) is 5.28. The zero-order valence-corrected chi connectivity index (χ0v) is 9.89. The first-order valence-electron chi connectivity index (χ1n) is 6.91. The number of aromatic nitrogens is 1. The molecule has 2 N–H and O–H groups in total. The molecule has 0 saturated carbocycles. The summed E-state index contributed by atoms with van der Waals surface area (Å²) >= 11 is 5.90. The summed E-state index contributed by atoms with van der Waals surface area (Å²) in [7, 11) is 0. The van der Waals surface area contributed by atoms with Crippen LogP contribution in [-0.2, 0) is 5.41 Å². The van der Waals surface area contributed by atoms with E-state index in [1.54, 1.807) is 26.0 Å². The van der Waals surface area contributed by atoms with Gasteiger partial charge < -0.3 is 5.73 Å². The Morgan fingerprint density at radius 1 is 1.50 bits per heavy atom. The summed E-state index contributed by atoms with van der Waals surface area (Å²) in [5.41, 5.74) is 5.73. The van der Waals surface area contributed by atoms with E-state index in [0.29, 0.717) is 21.6 Å². The van der Waals surface area contributed by atoms with Gasteiger partial charge in [0.05, 0.1) is 18.3 Å². The number of nitrogens with zero attached hydrogens (tertiary/aromatic N) is 1. The van der Waals surface area contributed by atoms with Crippen LogP contribution in [0.15, 0.2) is 24.2 Å². The van der Waals surface area contributed by atoms with Crippen molar-refractivity contribution in [2.75, 3.05) is 5.73 Å². The van der Waals surface area contributed by atoms with E-state index < -0.39 is 12.3 Å². The van der Waals surface area contributed by atoms with Crippen LogP contribution in [-0.4, -0.2) is 4.98 Å². The van der Waals surface area contributed by atoms with Crippen LogP contribution in [0.2, 0.25) is 5.02 Å². The van der Waals surface area contributed by atoms with E-state index in [4.69, 9.17) is 22.8 Å². The van der Waals surface area contributed by atoms with Gasteiger partial charge in [0, 0.05) is 19.9 Å². The zero-order valence-electron chi connectivity index (χ0n) is 13.1. The number of fused-ring (bicyclic) bond motifs is 1. The van der Waals surface area contributed by atoms with Crippen LogP contribution in [0.1, 0.15) is 31.9 Å². The summed E-state index contributed by atoms with van der Waals surface area (Å²) in [6.07, 6.45) is 0. The van der Waals surface area contributed by atoms with Gasteiger partial charge in [-0.2, -0.15) is 0 Å². The fourth-order valence-corrected chi connectivity index (χ4v) is 1.77. The highest BCUT2D eigenvalue weighted by Gasteiger charge is 2.19. The Hall–Kier alpha value is -1.28. The summed E-state index contributed by atoms with van der Waals surface area (Å²) in [5, 5.41) is 1.05. The van der Waals surface area contributed by atoms with E-state index in [-0.39, 0.29) is 11.7 Å². The molecule has 0 spiro atoms. The number of pyridine rings is 1. The van der Waals surface area contributed by atoms with Gasteiger partial charge in [-0.05, 0) is 24.2 Å². The summed E-state index contributed by atoms with van der Waals surface area (Å²) in [4.78, 5) is 4.32. The van der Waals surface area contributed by atoms with E-state index in [0.717, 1.165) is 0 Å². The minimum atomic E-state index is -2.24. The van der Waals surface area contributed by atoms with Crippen LogP contribution in [0.4, 0.5) is 5.69 Å². The fourth-order valence-electron chi connectivity index (χ4n) is 1.60. The fraction of sp³-hybridized carbons (Fsp3) is 0.308. The number of anilines is 1. The second kappa shape index (κ2) is 3.63. The maximum Gasteiger partial charge on any atom is 0.0708 e. The summed E-state index contributed by atoms with van der Waals surface area (Å²) in [6, 6.07) is 4.90. The molecule has 0 atom stereocenters. The maximum absolute atomic E-state index is 7.90. The molecule has 16 heavy (non-hydrogen) atoms. The summed E-state index contributed by atoms with van der Waals surface area (Å²) in [5.74, 6) is 0. The van der Waals surface area contributed by atoms with Crippen molar-refractivity contribution in [1.29, 1.82) is 0 Å². The lowest BCUT2D eigenvalue weighted by Gasteiger charge is -2.20. The molecule has 0 saturated heterocycles. The SMILES string of the molecule is [2H]c1cc(Cl)cc2cc(N)c(C(C)(C)C([2H])([2H])[2H])nc12. The van der Waals surface area contributed by atoms with Crippen molar-refractivity contribution in [2.45, 2.75) is 26.1 Å². The molecular weight excluding hydrogens is 220 g/mol. The van der Waals surface area contributed by atoms with E-state index in [1.807, 2.05) is 0 Å². The standard InChI is InChI=1S/C13H15ClN2/c1-13(2,3)12-10(15)7-8-6-9(14)4-5-11(8)16-12/h4-7H,15H2,1-3H3/i1D3,5D. The summed E-state index contributed by atoms with van der Waals surface area (Å²) < 4.78 is 30.8. The third-order valence-electron chi connectivity index (χ3n) is 2.31. The number of rotatable bonds is 0. The molecule has 84 valence electrons. The quantitative estimate of drug-likeness (QED) is 0.759. The average Bonchev–Trinajstić information content (AvgIpc) is 2.25. The van der Waals surface area contributed by atoms with Crippen LogP contribution < -0.4 is 5.73 Å². The molecule has 2 nitrogen and oxygen atoms in total. The average molecular weight is 239 g/mol. The third kappa shape index (κ3) is 1.98. The van der Waals surface area contributed by atoms with Gasteiger partial charge in [-0.25, -0.2) is 0 Å². The van der Waals surface area contributed by atoms with Gasteiger partial charge in [0.25, 0.3) is 0 Å². The van der Waals surface area contributed by atoms with Crippen LogP contribution in [0.5, 0.6) is 0 Å². The molecule has 0 bridgehead atoms. The van der Waals surface area contributed by atoms with E-state index in [2.05, 4.69) is 4.98 Å². The Bertz CT molecular complexity index is 680. The lowest BCUT2D eigenvalue weighted by Crippen LogP contribution is -2.16. The Kier molecular flexibility index (Phi) is 1.62. The Morgan fingerprint density at radius 2 is 2.25 bits per heavy atom. The van der Waals surface area contributed by atoms with Crippen LogP contribution in [0, 0.1) is 0 Å². The maximum atomic E-state index is 7.90. The minimum absolute atomic E-state index is 0.148. The van der Waals surface area contributed by atoms with Crippen LogP contribution >= 0.6 is 11.6 Å². The highest BCUT2D eigenvalue weighted by atomic mass is 35.5. The van der Waals surface area contributed by atoms with Gasteiger partial charge in [-0.1, -0.05) is 32.3 Å². The Balaban J connectivity index is 2.77.